The van der Waals surface area contributed by atoms with Crippen LogP contribution < -0.4 is 5.73 Å². The van der Waals surface area contributed by atoms with Gasteiger partial charge in [-0.25, -0.2) is 14.4 Å². The van der Waals surface area contributed by atoms with E-state index in [1.807, 2.05) is 0 Å². The molecule has 8 heteroatoms. The second-order valence-corrected chi connectivity index (χ2v) is 4.54. The van der Waals surface area contributed by atoms with Gasteiger partial charge in [0.25, 0.3) is 0 Å². The fourth-order valence-corrected chi connectivity index (χ4v) is 1.79. The predicted molar refractivity (Wildman–Crippen MR) is 64.5 cm³/mol. The molecule has 0 bridgehead atoms. The van der Waals surface area contributed by atoms with Crippen LogP contribution in [0.5, 0.6) is 0 Å². The van der Waals surface area contributed by atoms with Gasteiger partial charge in [-0.1, -0.05) is 15.9 Å². The highest BCUT2D eigenvalue weighted by molar-refractivity contribution is 9.10. The van der Waals surface area contributed by atoms with E-state index in [4.69, 9.17) is 5.73 Å². The maximum atomic E-state index is 13.6. The smallest absolute Gasteiger partial charge is 0.384 e. The molecule has 0 saturated heterocycles. The number of halogens is 5. The van der Waals surface area contributed by atoms with Gasteiger partial charge in [0.15, 0.2) is 0 Å². The summed E-state index contributed by atoms with van der Waals surface area (Å²) in [5.41, 5.74) is 4.98. The van der Waals surface area contributed by atoms with Crippen LogP contribution >= 0.6 is 15.9 Å². The molecule has 0 unspecified atom stereocenters. The molecule has 0 saturated carbocycles. The van der Waals surface area contributed by atoms with Crippen molar-refractivity contribution in [2.75, 3.05) is 5.73 Å². The highest BCUT2D eigenvalue weighted by Gasteiger charge is 2.35. The molecule has 1 aromatic carbocycles. The molecule has 2 N–H and O–H groups in total. The number of nitrogen functional groups attached to an aromatic ring is 1. The Morgan fingerprint density at radius 1 is 1.11 bits per heavy atom. The molecule has 0 atom stereocenters. The minimum atomic E-state index is -4.74. The SMILES string of the molecule is Nc1cc(-c2cc(Br)ccc2F)nc(C(F)(F)F)n1. The van der Waals surface area contributed by atoms with Crippen molar-refractivity contribution in [1.82, 2.24) is 9.97 Å². The Bertz CT molecular complexity index is 628. The molecule has 0 aliphatic rings. The first kappa shape index (κ1) is 13.7. The zero-order chi connectivity index (χ0) is 14.2. The Hall–Kier alpha value is -1.70. The van der Waals surface area contributed by atoms with Crippen molar-refractivity contribution in [3.63, 3.8) is 0 Å². The van der Waals surface area contributed by atoms with Crippen molar-refractivity contribution < 1.29 is 17.6 Å². The summed E-state index contributed by atoms with van der Waals surface area (Å²) in [7, 11) is 0. The van der Waals surface area contributed by atoms with Gasteiger partial charge in [-0.05, 0) is 18.2 Å². The summed E-state index contributed by atoms with van der Waals surface area (Å²) in [6.07, 6.45) is -4.74. The first-order valence-corrected chi connectivity index (χ1v) is 5.74. The Morgan fingerprint density at radius 3 is 2.42 bits per heavy atom. The quantitative estimate of drug-likeness (QED) is 0.809. The predicted octanol–water partition coefficient (Wildman–Crippen LogP) is 3.65. The van der Waals surface area contributed by atoms with Crippen LogP contribution in [0.2, 0.25) is 0 Å². The van der Waals surface area contributed by atoms with Crippen molar-refractivity contribution in [1.29, 1.82) is 0 Å². The zero-order valence-corrected chi connectivity index (χ0v) is 10.8. The summed E-state index contributed by atoms with van der Waals surface area (Å²) in [5, 5.41) is 0. The first-order valence-electron chi connectivity index (χ1n) is 4.94. The fourth-order valence-electron chi connectivity index (χ4n) is 1.42. The molecule has 0 spiro atoms. The molecule has 2 aromatic rings. The zero-order valence-electron chi connectivity index (χ0n) is 9.17. The Kier molecular flexibility index (Phi) is 3.44. The van der Waals surface area contributed by atoms with Crippen LogP contribution in [0.25, 0.3) is 11.3 Å². The van der Waals surface area contributed by atoms with E-state index in [9.17, 15) is 17.6 Å². The van der Waals surface area contributed by atoms with Crippen molar-refractivity contribution >= 4 is 21.7 Å². The molecular formula is C11H6BrF4N3. The molecule has 0 amide bonds. The van der Waals surface area contributed by atoms with Crippen LogP contribution in [0.15, 0.2) is 28.7 Å². The van der Waals surface area contributed by atoms with Gasteiger partial charge < -0.3 is 5.73 Å². The van der Waals surface area contributed by atoms with E-state index < -0.39 is 17.8 Å². The van der Waals surface area contributed by atoms with Gasteiger partial charge in [-0.15, -0.1) is 0 Å². The molecule has 0 aliphatic carbocycles. The summed E-state index contributed by atoms with van der Waals surface area (Å²) < 4.78 is 51.8. The fraction of sp³-hybridized carbons (Fsp3) is 0.0909. The molecule has 0 aliphatic heterocycles. The van der Waals surface area contributed by atoms with Crippen molar-refractivity contribution in [2.24, 2.45) is 0 Å². The third-order valence-corrected chi connectivity index (χ3v) is 2.70. The highest BCUT2D eigenvalue weighted by atomic mass is 79.9. The van der Waals surface area contributed by atoms with Crippen LogP contribution in [-0.4, -0.2) is 9.97 Å². The maximum absolute atomic E-state index is 13.6. The summed E-state index contributed by atoms with van der Waals surface area (Å²) in [6, 6.07) is 4.94. The molecular weight excluding hydrogens is 330 g/mol. The Morgan fingerprint density at radius 2 is 1.79 bits per heavy atom. The van der Waals surface area contributed by atoms with Gasteiger partial charge in [0, 0.05) is 16.1 Å². The number of aromatic nitrogens is 2. The minimum absolute atomic E-state index is 0.0889. The molecule has 1 heterocycles. The monoisotopic (exact) mass is 335 g/mol. The molecule has 0 fully saturated rings. The first-order chi connectivity index (χ1) is 8.77. The van der Waals surface area contributed by atoms with E-state index in [0.29, 0.717) is 4.47 Å². The van der Waals surface area contributed by atoms with Crippen LogP contribution in [0.4, 0.5) is 23.4 Å². The van der Waals surface area contributed by atoms with Gasteiger partial charge in [0.2, 0.25) is 5.82 Å². The second-order valence-electron chi connectivity index (χ2n) is 3.62. The summed E-state index contributed by atoms with van der Waals surface area (Å²) >= 11 is 3.11. The number of nitrogens with two attached hydrogens (primary N) is 1. The highest BCUT2D eigenvalue weighted by Crippen LogP contribution is 2.31. The van der Waals surface area contributed by atoms with Gasteiger partial charge >= 0.3 is 6.18 Å². The number of benzene rings is 1. The van der Waals surface area contributed by atoms with E-state index in [1.54, 1.807) is 0 Å². The van der Waals surface area contributed by atoms with Crippen molar-refractivity contribution in [2.45, 2.75) is 6.18 Å². The lowest BCUT2D eigenvalue weighted by Gasteiger charge is -2.09. The molecule has 1 aromatic heterocycles. The van der Waals surface area contributed by atoms with E-state index in [2.05, 4.69) is 25.9 Å². The number of anilines is 1. The summed E-state index contributed by atoms with van der Waals surface area (Å²) in [5.74, 6) is -2.48. The third-order valence-electron chi connectivity index (χ3n) is 2.20. The number of hydrogen-bond donors (Lipinski definition) is 1. The van der Waals surface area contributed by atoms with Crippen LogP contribution in [0.1, 0.15) is 5.82 Å². The minimum Gasteiger partial charge on any atom is -0.384 e. The van der Waals surface area contributed by atoms with Crippen molar-refractivity contribution in [3.05, 3.63) is 40.4 Å². The molecule has 3 nitrogen and oxygen atoms in total. The topological polar surface area (TPSA) is 51.8 Å². The number of nitrogens with zero attached hydrogens (tertiary/aromatic N) is 2. The number of hydrogen-bond acceptors (Lipinski definition) is 3. The van der Waals surface area contributed by atoms with Crippen molar-refractivity contribution in [3.8, 4) is 11.3 Å². The average molecular weight is 336 g/mol. The van der Waals surface area contributed by atoms with Gasteiger partial charge in [0.1, 0.15) is 11.6 Å². The lowest BCUT2D eigenvalue weighted by Crippen LogP contribution is -2.13. The Balaban J connectivity index is 2.63. The lowest BCUT2D eigenvalue weighted by molar-refractivity contribution is -0.144. The van der Waals surface area contributed by atoms with E-state index in [1.165, 1.54) is 12.1 Å². The molecule has 0 radical (unpaired) electrons. The number of rotatable bonds is 1. The molecule has 100 valence electrons. The summed E-state index contributed by atoms with van der Waals surface area (Å²) in [6.45, 7) is 0. The third kappa shape index (κ3) is 3.01. The van der Waals surface area contributed by atoms with Gasteiger partial charge in [-0.3, -0.25) is 0 Å². The van der Waals surface area contributed by atoms with Gasteiger partial charge in [-0.2, -0.15) is 13.2 Å². The second kappa shape index (κ2) is 4.76. The largest absolute Gasteiger partial charge is 0.451 e. The summed E-state index contributed by atoms with van der Waals surface area (Å²) in [4.78, 5) is 6.39. The average Bonchev–Trinajstić information content (AvgIpc) is 2.30. The maximum Gasteiger partial charge on any atom is 0.451 e. The van der Waals surface area contributed by atoms with Crippen LogP contribution in [0.3, 0.4) is 0 Å². The van der Waals surface area contributed by atoms with E-state index >= 15 is 0 Å². The lowest BCUT2D eigenvalue weighted by atomic mass is 10.1. The van der Waals surface area contributed by atoms with E-state index in [0.717, 1.165) is 12.1 Å². The number of alkyl halides is 3. The standard InChI is InChI=1S/C11H6BrF4N3/c12-5-1-2-7(13)6(3-5)8-4-9(17)19-10(18-8)11(14,15)16/h1-4H,(H2,17,18,19). The molecule has 19 heavy (non-hydrogen) atoms. The Labute approximate surface area is 113 Å². The van der Waals surface area contributed by atoms with Gasteiger partial charge in [0.05, 0.1) is 5.69 Å². The van der Waals surface area contributed by atoms with Crippen LogP contribution in [-0.2, 0) is 6.18 Å². The van der Waals surface area contributed by atoms with Crippen LogP contribution in [0, 0.1) is 5.82 Å². The molecule has 2 rings (SSSR count). The van der Waals surface area contributed by atoms with E-state index in [-0.39, 0.29) is 17.1 Å². The normalized spacial score (nSPS) is 11.6.